The van der Waals surface area contributed by atoms with Gasteiger partial charge in [-0.3, -0.25) is 0 Å². The van der Waals surface area contributed by atoms with E-state index in [1.165, 1.54) is 7.11 Å². The molecule has 0 aliphatic carbocycles. The van der Waals surface area contributed by atoms with Gasteiger partial charge < -0.3 is 13.7 Å². The van der Waals surface area contributed by atoms with Crippen LogP contribution in [0.1, 0.15) is 21.9 Å². The number of aryl methyl sites for hydroxylation is 1. The minimum Gasteiger partial charge on any atom is -0.465 e. The first-order chi connectivity index (χ1) is 11.6. The van der Waals surface area contributed by atoms with Gasteiger partial charge in [0.2, 0.25) is 0 Å². The minimum atomic E-state index is -0.379. The van der Waals surface area contributed by atoms with Crippen molar-refractivity contribution in [3.63, 3.8) is 0 Å². The summed E-state index contributed by atoms with van der Waals surface area (Å²) in [6.45, 7) is 1.76. The van der Waals surface area contributed by atoms with Gasteiger partial charge >= 0.3 is 5.97 Å². The second kappa shape index (κ2) is 6.97. The Bertz CT molecular complexity index is 853. The van der Waals surface area contributed by atoms with Crippen molar-refractivity contribution in [3.05, 3.63) is 59.7 Å². The second-order valence-electron chi connectivity index (χ2n) is 5.31. The Labute approximate surface area is 144 Å². The highest BCUT2D eigenvalue weighted by molar-refractivity contribution is 7.98. The molecule has 124 valence electrons. The van der Waals surface area contributed by atoms with Gasteiger partial charge in [0.15, 0.2) is 5.16 Å². The topological polar surface area (TPSA) is 57.3 Å². The van der Waals surface area contributed by atoms with Crippen LogP contribution in [-0.4, -0.2) is 22.6 Å². The molecule has 3 rings (SSSR count). The predicted octanol–water partition coefficient (Wildman–Crippen LogP) is 4.07. The van der Waals surface area contributed by atoms with Gasteiger partial charge in [-0.25, -0.2) is 9.78 Å². The highest BCUT2D eigenvalue weighted by atomic mass is 32.2. The molecule has 6 heteroatoms. The zero-order chi connectivity index (χ0) is 17.1. The van der Waals surface area contributed by atoms with Crippen molar-refractivity contribution in [3.8, 4) is 11.3 Å². The van der Waals surface area contributed by atoms with Crippen molar-refractivity contribution in [1.82, 2.24) is 9.55 Å². The van der Waals surface area contributed by atoms with E-state index in [0.717, 1.165) is 22.2 Å². The molecule has 0 amide bonds. The lowest BCUT2D eigenvalue weighted by Crippen LogP contribution is -2.00. The number of methoxy groups -OCH3 is 1. The Hall–Kier alpha value is -2.47. The first-order valence-electron chi connectivity index (χ1n) is 7.47. The van der Waals surface area contributed by atoms with Crippen LogP contribution in [0.4, 0.5) is 0 Å². The SMILES string of the molecule is COC(=O)c1cc(CSc2ncc(-c3ccccc3)n2C)oc1C. The van der Waals surface area contributed by atoms with Crippen LogP contribution in [0.3, 0.4) is 0 Å². The van der Waals surface area contributed by atoms with Crippen molar-refractivity contribution in [2.45, 2.75) is 17.8 Å². The number of thioether (sulfide) groups is 1. The van der Waals surface area contributed by atoms with Crippen molar-refractivity contribution in [2.75, 3.05) is 7.11 Å². The average Bonchev–Trinajstić information content (AvgIpc) is 3.16. The lowest BCUT2D eigenvalue weighted by atomic mass is 10.2. The number of hydrogen-bond acceptors (Lipinski definition) is 5. The summed E-state index contributed by atoms with van der Waals surface area (Å²) in [6, 6.07) is 11.9. The quantitative estimate of drug-likeness (QED) is 0.517. The summed E-state index contributed by atoms with van der Waals surface area (Å²) < 4.78 is 12.4. The molecule has 0 bridgehead atoms. The molecule has 1 aromatic carbocycles. The van der Waals surface area contributed by atoms with Gasteiger partial charge in [0.1, 0.15) is 17.1 Å². The Morgan fingerprint density at radius 2 is 2.08 bits per heavy atom. The normalized spacial score (nSPS) is 10.8. The van der Waals surface area contributed by atoms with E-state index in [1.807, 2.05) is 31.4 Å². The van der Waals surface area contributed by atoms with Crippen LogP contribution < -0.4 is 0 Å². The van der Waals surface area contributed by atoms with Crippen molar-refractivity contribution >= 4 is 17.7 Å². The molecule has 0 saturated carbocycles. The molecule has 0 fully saturated rings. The van der Waals surface area contributed by atoms with Crippen molar-refractivity contribution in [1.29, 1.82) is 0 Å². The molecule has 0 aliphatic rings. The second-order valence-corrected chi connectivity index (χ2v) is 6.26. The minimum absolute atomic E-state index is 0.379. The van der Waals surface area contributed by atoms with Crippen LogP contribution in [0.5, 0.6) is 0 Å². The molecule has 5 nitrogen and oxygen atoms in total. The number of ether oxygens (including phenoxy) is 1. The first kappa shape index (κ1) is 16.4. The fourth-order valence-corrected chi connectivity index (χ4v) is 3.30. The van der Waals surface area contributed by atoms with Crippen LogP contribution in [0.25, 0.3) is 11.3 Å². The number of imidazole rings is 1. The summed E-state index contributed by atoms with van der Waals surface area (Å²) >= 11 is 1.56. The number of rotatable bonds is 5. The molecule has 0 spiro atoms. The average molecular weight is 342 g/mol. The molecule has 0 radical (unpaired) electrons. The third-order valence-electron chi connectivity index (χ3n) is 3.73. The maximum absolute atomic E-state index is 11.6. The number of benzene rings is 1. The van der Waals surface area contributed by atoms with E-state index >= 15 is 0 Å². The lowest BCUT2D eigenvalue weighted by molar-refractivity contribution is 0.0599. The highest BCUT2D eigenvalue weighted by Crippen LogP contribution is 2.28. The zero-order valence-electron chi connectivity index (χ0n) is 13.8. The van der Waals surface area contributed by atoms with Gasteiger partial charge in [0.05, 0.1) is 24.8 Å². The molecular weight excluding hydrogens is 324 g/mol. The summed E-state index contributed by atoms with van der Waals surface area (Å²) in [6.07, 6.45) is 1.87. The summed E-state index contributed by atoms with van der Waals surface area (Å²) in [4.78, 5) is 16.1. The summed E-state index contributed by atoms with van der Waals surface area (Å²) in [7, 11) is 3.35. The van der Waals surface area contributed by atoms with Gasteiger partial charge in [-0.15, -0.1) is 0 Å². The Kier molecular flexibility index (Phi) is 4.76. The lowest BCUT2D eigenvalue weighted by Gasteiger charge is -2.05. The largest absolute Gasteiger partial charge is 0.465 e. The van der Waals surface area contributed by atoms with Crippen LogP contribution in [0.15, 0.2) is 52.2 Å². The number of hydrogen-bond donors (Lipinski definition) is 0. The smallest absolute Gasteiger partial charge is 0.341 e. The Balaban J connectivity index is 1.74. The van der Waals surface area contributed by atoms with Gasteiger partial charge in [-0.05, 0) is 18.6 Å². The van der Waals surface area contributed by atoms with E-state index < -0.39 is 0 Å². The van der Waals surface area contributed by atoms with E-state index in [4.69, 9.17) is 9.15 Å². The van der Waals surface area contributed by atoms with Crippen LogP contribution in [0, 0.1) is 6.92 Å². The molecule has 3 aromatic rings. The number of nitrogens with zero attached hydrogens (tertiary/aromatic N) is 2. The number of aromatic nitrogens is 2. The van der Waals surface area contributed by atoms with E-state index in [-0.39, 0.29) is 5.97 Å². The number of esters is 1. The third-order valence-corrected chi connectivity index (χ3v) is 4.80. The van der Waals surface area contributed by atoms with Gasteiger partial charge in [-0.2, -0.15) is 0 Å². The fourth-order valence-electron chi connectivity index (χ4n) is 2.47. The monoisotopic (exact) mass is 342 g/mol. The van der Waals surface area contributed by atoms with Crippen molar-refractivity contribution < 1.29 is 13.9 Å². The summed E-state index contributed by atoms with van der Waals surface area (Å²) in [5.74, 6) is 1.51. The molecule has 0 unspecified atom stereocenters. The molecule has 24 heavy (non-hydrogen) atoms. The predicted molar refractivity (Wildman–Crippen MR) is 93.0 cm³/mol. The maximum Gasteiger partial charge on any atom is 0.341 e. The molecular formula is C18H18N2O3S. The molecule has 0 N–H and O–H groups in total. The van der Waals surface area contributed by atoms with E-state index in [0.29, 0.717) is 17.1 Å². The van der Waals surface area contributed by atoms with E-state index in [1.54, 1.807) is 24.8 Å². The molecule has 2 heterocycles. The van der Waals surface area contributed by atoms with E-state index in [2.05, 4.69) is 21.7 Å². The molecule has 0 aliphatic heterocycles. The maximum atomic E-state index is 11.6. The summed E-state index contributed by atoms with van der Waals surface area (Å²) in [5.41, 5.74) is 2.66. The van der Waals surface area contributed by atoms with Crippen LogP contribution >= 0.6 is 11.8 Å². The molecule has 0 saturated heterocycles. The number of furan rings is 1. The summed E-state index contributed by atoms with van der Waals surface area (Å²) in [5, 5.41) is 0.891. The number of carbonyl (C=O) groups excluding carboxylic acids is 1. The van der Waals surface area contributed by atoms with E-state index in [9.17, 15) is 4.79 Å². The fraction of sp³-hybridized carbons (Fsp3) is 0.222. The first-order valence-corrected chi connectivity index (χ1v) is 8.46. The zero-order valence-corrected chi connectivity index (χ0v) is 14.6. The molecule has 2 aromatic heterocycles. The van der Waals surface area contributed by atoms with Crippen molar-refractivity contribution in [2.24, 2.45) is 7.05 Å². The van der Waals surface area contributed by atoms with Crippen LogP contribution in [0.2, 0.25) is 0 Å². The van der Waals surface area contributed by atoms with Crippen LogP contribution in [-0.2, 0) is 17.5 Å². The highest BCUT2D eigenvalue weighted by Gasteiger charge is 2.16. The molecule has 0 atom stereocenters. The standard InChI is InChI=1S/C18H18N2O3S/c1-12-15(17(21)22-3)9-14(23-12)11-24-18-19-10-16(20(18)2)13-7-5-4-6-8-13/h4-10H,11H2,1-3H3. The van der Waals surface area contributed by atoms with Gasteiger partial charge in [-0.1, -0.05) is 42.1 Å². The van der Waals surface area contributed by atoms with Gasteiger partial charge in [0, 0.05) is 7.05 Å². The number of carbonyl (C=O) groups is 1. The van der Waals surface area contributed by atoms with Gasteiger partial charge in [0.25, 0.3) is 0 Å². The Morgan fingerprint density at radius 3 is 2.79 bits per heavy atom. The Morgan fingerprint density at radius 1 is 1.33 bits per heavy atom. The third kappa shape index (κ3) is 3.23.